The van der Waals surface area contributed by atoms with Crippen LogP contribution in [0.1, 0.15) is 6.42 Å². The predicted molar refractivity (Wildman–Crippen MR) is 142 cm³/mol. The van der Waals surface area contributed by atoms with E-state index >= 15 is 0 Å². The summed E-state index contributed by atoms with van der Waals surface area (Å²) >= 11 is 12.5. The molecule has 0 bridgehead atoms. The lowest BCUT2D eigenvalue weighted by molar-refractivity contribution is 0.310. The van der Waals surface area contributed by atoms with E-state index in [2.05, 4.69) is 49.2 Å². The monoisotopic (exact) mass is 522 g/mol. The number of halogens is 2. The van der Waals surface area contributed by atoms with Gasteiger partial charge in [0.2, 0.25) is 5.95 Å². The fraction of sp³-hybridized carbons (Fsp3) is 0.280. The number of likely N-dealkylation sites (tertiary alicyclic amines) is 1. The molecule has 9 nitrogen and oxygen atoms in total. The van der Waals surface area contributed by atoms with E-state index in [1.165, 1.54) is 24.8 Å². The lowest BCUT2D eigenvalue weighted by atomic mass is 10.1. The molecule has 11 heteroatoms. The van der Waals surface area contributed by atoms with Crippen LogP contribution in [0.2, 0.25) is 10.0 Å². The van der Waals surface area contributed by atoms with Gasteiger partial charge in [-0.3, -0.25) is 10.4 Å². The fourth-order valence-electron chi connectivity index (χ4n) is 5.27. The van der Waals surface area contributed by atoms with Gasteiger partial charge in [0, 0.05) is 36.7 Å². The Bertz CT molecular complexity index is 1560. The lowest BCUT2D eigenvalue weighted by Crippen LogP contribution is -2.34. The first-order chi connectivity index (χ1) is 17.4. The third-order valence-corrected chi connectivity index (χ3v) is 7.78. The standard InChI is InChI=1S/C25H24Cl2N8O/c1-33-10-9-14-12-34(13-20(14)33)16-7-5-15(6-8-16)30-24-29-11-17-22(28)35(25(36)32-23(17)31-24)21-18(26)3-2-4-19(21)27/h2-8,11,14,20,28H,9-10,12-13H2,1H3,(H2,29,30,31,32,36). The number of fused-ring (bicyclic) bond motifs is 2. The van der Waals surface area contributed by atoms with Crippen molar-refractivity contribution >= 4 is 51.6 Å². The Hall–Kier alpha value is -3.40. The van der Waals surface area contributed by atoms with Gasteiger partial charge < -0.3 is 15.1 Å². The molecule has 2 saturated heterocycles. The number of likely N-dealkylation sites (N-methyl/N-ethyl adjacent to an activating group) is 1. The van der Waals surface area contributed by atoms with E-state index < -0.39 is 5.69 Å². The molecule has 2 fully saturated rings. The number of anilines is 3. The highest BCUT2D eigenvalue weighted by atomic mass is 35.5. The highest BCUT2D eigenvalue weighted by Crippen LogP contribution is 2.33. The van der Waals surface area contributed by atoms with E-state index in [0.29, 0.717) is 17.4 Å². The molecule has 184 valence electrons. The number of hydrogen-bond acceptors (Lipinski definition) is 7. The SMILES string of the molecule is CN1CCC2CN(c3ccc(Nc4ncc5c(=N)n(-c6c(Cl)cccc6Cl)c(=O)[nH]c5n4)cc3)CC21. The van der Waals surface area contributed by atoms with E-state index in [-0.39, 0.29) is 26.9 Å². The number of benzene rings is 2. The first-order valence-electron chi connectivity index (χ1n) is 11.7. The van der Waals surface area contributed by atoms with Gasteiger partial charge in [-0.1, -0.05) is 29.3 Å². The van der Waals surface area contributed by atoms with Gasteiger partial charge in [0.15, 0.2) is 5.65 Å². The van der Waals surface area contributed by atoms with Gasteiger partial charge in [0.1, 0.15) is 5.49 Å². The number of para-hydroxylation sites is 1. The average molecular weight is 523 g/mol. The minimum absolute atomic E-state index is 0.110. The molecule has 0 spiro atoms. The van der Waals surface area contributed by atoms with Crippen LogP contribution in [0.4, 0.5) is 17.3 Å². The molecule has 3 N–H and O–H groups in total. The highest BCUT2D eigenvalue weighted by molar-refractivity contribution is 6.37. The van der Waals surface area contributed by atoms with Gasteiger partial charge in [-0.15, -0.1) is 0 Å². The summed E-state index contributed by atoms with van der Waals surface area (Å²) in [4.78, 5) is 29.3. The molecule has 6 rings (SSSR count). The number of nitrogens with one attached hydrogen (secondary N) is 3. The summed E-state index contributed by atoms with van der Waals surface area (Å²) in [5.41, 5.74) is 1.83. The average Bonchev–Trinajstić information content (AvgIpc) is 3.43. The molecule has 2 aromatic heterocycles. The zero-order valence-corrected chi connectivity index (χ0v) is 21.0. The van der Waals surface area contributed by atoms with Crippen LogP contribution in [0.3, 0.4) is 0 Å². The maximum Gasteiger partial charge on any atom is 0.333 e. The summed E-state index contributed by atoms with van der Waals surface area (Å²) in [6, 6.07) is 13.7. The second-order valence-electron chi connectivity index (χ2n) is 9.31. The maximum atomic E-state index is 12.9. The Kier molecular flexibility index (Phi) is 5.70. The van der Waals surface area contributed by atoms with Crippen molar-refractivity contribution in [3.05, 3.63) is 74.7 Å². The number of H-pyrrole nitrogens is 1. The van der Waals surface area contributed by atoms with Crippen LogP contribution < -0.4 is 21.4 Å². The van der Waals surface area contributed by atoms with Crippen molar-refractivity contribution in [2.24, 2.45) is 5.92 Å². The predicted octanol–water partition coefficient (Wildman–Crippen LogP) is 3.78. The molecule has 4 heterocycles. The molecule has 2 aromatic carbocycles. The Labute approximate surface area is 216 Å². The van der Waals surface area contributed by atoms with E-state index in [1.54, 1.807) is 18.2 Å². The van der Waals surface area contributed by atoms with Gasteiger partial charge in [0.25, 0.3) is 0 Å². The maximum absolute atomic E-state index is 12.9. The minimum atomic E-state index is -0.572. The van der Waals surface area contributed by atoms with Crippen molar-refractivity contribution in [2.45, 2.75) is 12.5 Å². The highest BCUT2D eigenvalue weighted by Gasteiger charge is 2.39. The smallest absolute Gasteiger partial charge is 0.333 e. The van der Waals surface area contributed by atoms with Crippen molar-refractivity contribution in [2.75, 3.05) is 36.9 Å². The molecular formula is C25H24Cl2N8O. The molecule has 2 unspecified atom stereocenters. The van der Waals surface area contributed by atoms with Gasteiger partial charge >= 0.3 is 5.69 Å². The summed E-state index contributed by atoms with van der Waals surface area (Å²) in [6.07, 6.45) is 2.77. The van der Waals surface area contributed by atoms with Crippen LogP contribution in [-0.2, 0) is 0 Å². The molecule has 4 aromatic rings. The first kappa shape index (κ1) is 23.0. The summed E-state index contributed by atoms with van der Waals surface area (Å²) in [7, 11) is 2.22. The molecular weight excluding hydrogens is 499 g/mol. The molecule has 0 aliphatic carbocycles. The van der Waals surface area contributed by atoms with Crippen LogP contribution in [0, 0.1) is 11.3 Å². The third kappa shape index (κ3) is 3.93. The fourth-order valence-corrected chi connectivity index (χ4v) is 5.84. The number of nitrogens with zero attached hydrogens (tertiary/aromatic N) is 5. The number of hydrogen-bond donors (Lipinski definition) is 3. The quantitative estimate of drug-likeness (QED) is 0.376. The summed E-state index contributed by atoms with van der Waals surface area (Å²) in [5.74, 6) is 1.06. The molecule has 0 saturated carbocycles. The second kappa shape index (κ2) is 8.92. The van der Waals surface area contributed by atoms with E-state index in [0.717, 1.165) is 29.3 Å². The van der Waals surface area contributed by atoms with Crippen LogP contribution >= 0.6 is 23.2 Å². The molecule has 2 aliphatic rings. The third-order valence-electron chi connectivity index (χ3n) is 7.17. The normalized spacial score (nSPS) is 19.7. The van der Waals surface area contributed by atoms with Crippen LogP contribution in [0.25, 0.3) is 16.7 Å². The molecule has 2 aliphatic heterocycles. The zero-order valence-electron chi connectivity index (χ0n) is 19.5. The number of aromatic nitrogens is 4. The zero-order chi connectivity index (χ0) is 25.0. The largest absolute Gasteiger partial charge is 0.370 e. The van der Waals surface area contributed by atoms with Gasteiger partial charge in [-0.25, -0.2) is 14.3 Å². The number of aromatic amines is 1. The molecule has 0 radical (unpaired) electrons. The van der Waals surface area contributed by atoms with Crippen LogP contribution in [-0.4, -0.2) is 57.1 Å². The number of rotatable bonds is 4. The second-order valence-corrected chi connectivity index (χ2v) is 10.1. The molecule has 0 amide bonds. The van der Waals surface area contributed by atoms with Crippen molar-refractivity contribution in [3.8, 4) is 5.69 Å². The Morgan fingerprint density at radius 2 is 1.86 bits per heavy atom. The summed E-state index contributed by atoms with van der Waals surface area (Å²) in [5, 5.41) is 12.6. The van der Waals surface area contributed by atoms with Crippen molar-refractivity contribution in [1.29, 1.82) is 5.41 Å². The lowest BCUT2D eigenvalue weighted by Gasteiger charge is -2.22. The molecule has 2 atom stereocenters. The first-order valence-corrected chi connectivity index (χ1v) is 12.5. The van der Waals surface area contributed by atoms with Crippen LogP contribution in [0.5, 0.6) is 0 Å². The Morgan fingerprint density at radius 1 is 1.11 bits per heavy atom. The van der Waals surface area contributed by atoms with E-state index in [1.807, 2.05) is 12.1 Å². The van der Waals surface area contributed by atoms with Crippen molar-refractivity contribution < 1.29 is 0 Å². The van der Waals surface area contributed by atoms with Crippen LogP contribution in [0.15, 0.2) is 53.5 Å². The van der Waals surface area contributed by atoms with E-state index in [4.69, 9.17) is 28.6 Å². The Balaban J connectivity index is 1.25. The van der Waals surface area contributed by atoms with E-state index in [9.17, 15) is 4.79 Å². The van der Waals surface area contributed by atoms with Crippen molar-refractivity contribution in [3.63, 3.8) is 0 Å². The summed E-state index contributed by atoms with van der Waals surface area (Å²) < 4.78 is 1.12. The van der Waals surface area contributed by atoms with Crippen molar-refractivity contribution in [1.82, 2.24) is 24.4 Å². The van der Waals surface area contributed by atoms with Gasteiger partial charge in [-0.2, -0.15) is 4.98 Å². The minimum Gasteiger partial charge on any atom is -0.370 e. The van der Waals surface area contributed by atoms with Gasteiger partial charge in [-0.05, 0) is 62.3 Å². The molecule has 36 heavy (non-hydrogen) atoms. The topological polar surface area (TPSA) is 106 Å². The van der Waals surface area contributed by atoms with Gasteiger partial charge in [0.05, 0.1) is 21.1 Å². The Morgan fingerprint density at radius 3 is 2.58 bits per heavy atom. The summed E-state index contributed by atoms with van der Waals surface area (Å²) in [6.45, 7) is 3.35.